The third-order valence-corrected chi connectivity index (χ3v) is 14.7. The van der Waals surface area contributed by atoms with Crippen molar-refractivity contribution in [3.63, 3.8) is 0 Å². The molecule has 2 aromatic heterocycles. The van der Waals surface area contributed by atoms with Gasteiger partial charge in [-0.1, -0.05) is 22.7 Å². The molecule has 2 aromatic carbocycles. The summed E-state index contributed by atoms with van der Waals surface area (Å²) >= 11 is 6.55. The zero-order valence-electron chi connectivity index (χ0n) is 39.7. The van der Waals surface area contributed by atoms with Gasteiger partial charge < -0.3 is 25.1 Å². The molecule has 3 saturated heterocycles. The number of aromatic nitrogens is 3. The van der Waals surface area contributed by atoms with Crippen LogP contribution < -0.4 is 10.2 Å². The van der Waals surface area contributed by atoms with Gasteiger partial charge in [0.25, 0.3) is 17.7 Å². The highest BCUT2D eigenvalue weighted by molar-refractivity contribution is 6.34. The van der Waals surface area contributed by atoms with Gasteiger partial charge in [0.2, 0.25) is 0 Å². The number of piperidine rings is 2. The van der Waals surface area contributed by atoms with Crippen molar-refractivity contribution in [1.82, 2.24) is 29.6 Å². The van der Waals surface area contributed by atoms with Crippen LogP contribution in [-0.2, 0) is 26.2 Å². The SMILES string of the molecule is CC(C)(C)C(=O)ON1C(=O)CCN(c2cc(C(=O)N3CCC4(CCC(CCN5CCC(n6cc7cc(NC(=O)c8cccc(C(F)(F)F)n8)c(C(C)(C)O)cc7n6)CC5)CC4)CC3)ccc2Cl)C1=O. The molecule has 69 heavy (non-hydrogen) atoms. The second-order valence-electron chi connectivity index (χ2n) is 20.7. The van der Waals surface area contributed by atoms with E-state index in [1.165, 1.54) is 11.0 Å². The van der Waals surface area contributed by atoms with Crippen LogP contribution in [0.5, 0.6) is 0 Å². The number of amides is 5. The Labute approximate surface area is 404 Å². The lowest BCUT2D eigenvalue weighted by Gasteiger charge is -2.46. The number of carbonyl (C=O) groups excluding carboxylic acids is 5. The van der Waals surface area contributed by atoms with Crippen molar-refractivity contribution in [2.24, 2.45) is 16.7 Å². The molecule has 5 amide bonds. The minimum atomic E-state index is -4.70. The van der Waals surface area contributed by atoms with E-state index in [4.69, 9.17) is 21.5 Å². The number of hydroxylamine groups is 2. The quantitative estimate of drug-likeness (QED) is 0.156. The number of nitrogens with zero attached hydrogens (tertiary/aromatic N) is 7. The Morgan fingerprint density at radius 3 is 2.25 bits per heavy atom. The van der Waals surface area contributed by atoms with E-state index >= 15 is 0 Å². The number of likely N-dealkylation sites (tertiary alicyclic amines) is 2. The Balaban J connectivity index is 0.801. The van der Waals surface area contributed by atoms with Crippen molar-refractivity contribution in [3.8, 4) is 0 Å². The molecule has 3 aliphatic heterocycles. The van der Waals surface area contributed by atoms with E-state index in [0.29, 0.717) is 40.7 Å². The van der Waals surface area contributed by atoms with Crippen LogP contribution in [0.15, 0.2) is 54.7 Å². The van der Waals surface area contributed by atoms with E-state index in [9.17, 15) is 42.3 Å². The molecule has 4 fully saturated rings. The first-order valence-corrected chi connectivity index (χ1v) is 24.2. The Morgan fingerprint density at radius 1 is 0.899 bits per heavy atom. The van der Waals surface area contributed by atoms with Crippen LogP contribution in [0.3, 0.4) is 0 Å². The lowest BCUT2D eigenvalue weighted by atomic mass is 9.65. The predicted molar refractivity (Wildman–Crippen MR) is 252 cm³/mol. The predicted octanol–water partition coefficient (Wildman–Crippen LogP) is 9.39. The fourth-order valence-electron chi connectivity index (χ4n) is 10.0. The Bertz CT molecular complexity index is 2620. The van der Waals surface area contributed by atoms with Gasteiger partial charge in [0.15, 0.2) is 0 Å². The fraction of sp³-hybridized carbons (Fsp3) is 0.540. The minimum absolute atomic E-state index is 0.0235. The highest BCUT2D eigenvalue weighted by atomic mass is 35.5. The number of halogens is 4. The van der Waals surface area contributed by atoms with Crippen LogP contribution in [-0.4, -0.2) is 104 Å². The molecule has 4 aromatic rings. The first-order valence-electron chi connectivity index (χ1n) is 23.8. The average molecular weight is 978 g/mol. The molecule has 0 radical (unpaired) electrons. The summed E-state index contributed by atoms with van der Waals surface area (Å²) in [4.78, 5) is 79.9. The highest BCUT2D eigenvalue weighted by Crippen LogP contribution is 2.47. The van der Waals surface area contributed by atoms with E-state index in [0.717, 1.165) is 94.9 Å². The molecule has 0 bridgehead atoms. The summed E-state index contributed by atoms with van der Waals surface area (Å²) in [6.45, 7) is 12.2. The Kier molecular flexibility index (Phi) is 13.9. The Hall–Kier alpha value is -5.59. The molecular formula is C50H60ClF3N8O7. The van der Waals surface area contributed by atoms with E-state index in [-0.39, 0.29) is 46.7 Å². The molecule has 8 rings (SSSR count). The maximum absolute atomic E-state index is 13.8. The minimum Gasteiger partial charge on any atom is -0.386 e. The van der Waals surface area contributed by atoms with Gasteiger partial charge in [0.05, 0.1) is 33.3 Å². The standard InChI is InChI=1S/C50H60ClF3N8O7/c1-47(2,3)45(66)69-62-42(63)16-24-60(46(62)67)40-28-32(9-10-36(40)51)44(65)59-25-19-49(20-26-59)17-11-31(12-18-49)13-21-58-22-14-34(15-23-58)61-30-33-27-39(35(48(4,5)68)29-38(33)57-61)56-43(64)37-7-6-8-41(55-37)50(52,53)54/h6-10,27-31,34,68H,11-26H2,1-5H3,(H,56,64). The number of hydrogen-bond donors (Lipinski definition) is 2. The van der Waals surface area contributed by atoms with Crippen molar-refractivity contribution in [2.75, 3.05) is 49.5 Å². The van der Waals surface area contributed by atoms with Crippen molar-refractivity contribution < 1.29 is 47.1 Å². The van der Waals surface area contributed by atoms with Gasteiger partial charge in [-0.25, -0.2) is 14.6 Å². The normalized spacial score (nSPS) is 19.1. The number of hydrogen-bond acceptors (Lipinski definition) is 10. The number of imide groups is 1. The average Bonchev–Trinajstić information content (AvgIpc) is 3.73. The maximum Gasteiger partial charge on any atom is 0.433 e. The lowest BCUT2D eigenvalue weighted by Crippen LogP contribution is -2.54. The van der Waals surface area contributed by atoms with Gasteiger partial charge in [-0.05, 0) is 153 Å². The van der Waals surface area contributed by atoms with Crippen molar-refractivity contribution in [2.45, 2.75) is 117 Å². The smallest absolute Gasteiger partial charge is 0.386 e. The monoisotopic (exact) mass is 976 g/mol. The number of anilines is 2. The molecular weight excluding hydrogens is 917 g/mol. The van der Waals surface area contributed by atoms with Crippen molar-refractivity contribution >= 4 is 63.6 Å². The molecule has 5 heterocycles. The Morgan fingerprint density at radius 2 is 1.59 bits per heavy atom. The van der Waals surface area contributed by atoms with Crippen LogP contribution in [0.1, 0.15) is 137 Å². The second kappa shape index (κ2) is 19.3. The van der Waals surface area contributed by atoms with E-state index in [1.54, 1.807) is 65.0 Å². The summed E-state index contributed by atoms with van der Waals surface area (Å²) in [6, 6.07) is 10.7. The summed E-state index contributed by atoms with van der Waals surface area (Å²) in [5, 5.41) is 20.0. The van der Waals surface area contributed by atoms with Gasteiger partial charge in [0, 0.05) is 67.5 Å². The van der Waals surface area contributed by atoms with Gasteiger partial charge in [-0.3, -0.25) is 24.0 Å². The lowest BCUT2D eigenvalue weighted by molar-refractivity contribution is -0.193. The van der Waals surface area contributed by atoms with Gasteiger partial charge in [0.1, 0.15) is 11.4 Å². The number of pyridine rings is 1. The summed E-state index contributed by atoms with van der Waals surface area (Å²) in [7, 11) is 0. The first-order chi connectivity index (χ1) is 32.5. The van der Waals surface area contributed by atoms with Gasteiger partial charge in [-0.15, -0.1) is 0 Å². The fourth-order valence-corrected chi connectivity index (χ4v) is 10.2. The molecule has 0 unspecified atom stereocenters. The van der Waals surface area contributed by atoms with E-state index in [2.05, 4.69) is 15.2 Å². The topological polar surface area (TPSA) is 171 Å². The molecule has 15 nitrogen and oxygen atoms in total. The third-order valence-electron chi connectivity index (χ3n) is 14.4. The van der Waals surface area contributed by atoms with Crippen molar-refractivity contribution in [1.29, 1.82) is 0 Å². The maximum atomic E-state index is 13.8. The number of fused-ring (bicyclic) bond motifs is 1. The van der Waals surface area contributed by atoms with Crippen LogP contribution in [0, 0.1) is 16.7 Å². The number of aliphatic hydroxyl groups is 1. The number of carbonyl (C=O) groups is 5. The molecule has 370 valence electrons. The molecule has 0 atom stereocenters. The largest absolute Gasteiger partial charge is 0.433 e. The number of alkyl halides is 3. The second-order valence-corrected chi connectivity index (χ2v) is 21.2. The molecule has 4 aliphatic rings. The van der Waals surface area contributed by atoms with Crippen LogP contribution in [0.2, 0.25) is 5.02 Å². The number of benzene rings is 2. The summed E-state index contributed by atoms with van der Waals surface area (Å²) in [5.41, 5.74) is -1.76. The van der Waals surface area contributed by atoms with E-state index < -0.39 is 52.4 Å². The van der Waals surface area contributed by atoms with Crippen LogP contribution >= 0.6 is 11.6 Å². The molecule has 19 heteroatoms. The summed E-state index contributed by atoms with van der Waals surface area (Å²) < 4.78 is 41.8. The third kappa shape index (κ3) is 11.1. The van der Waals surface area contributed by atoms with Crippen molar-refractivity contribution in [3.05, 3.63) is 82.3 Å². The zero-order valence-corrected chi connectivity index (χ0v) is 40.5. The van der Waals surface area contributed by atoms with Gasteiger partial charge >= 0.3 is 18.2 Å². The number of rotatable bonds is 10. The first kappa shape index (κ1) is 49.8. The van der Waals surface area contributed by atoms with Gasteiger partial charge in [-0.2, -0.15) is 18.3 Å². The summed E-state index contributed by atoms with van der Waals surface area (Å²) in [6.07, 6.45) is 6.51. The molecule has 1 spiro atoms. The zero-order chi connectivity index (χ0) is 49.6. The number of nitrogens with one attached hydrogen (secondary N) is 1. The van der Waals surface area contributed by atoms with Crippen LogP contribution in [0.4, 0.5) is 29.3 Å². The molecule has 1 saturated carbocycles. The molecule has 1 aliphatic carbocycles. The highest BCUT2D eigenvalue weighted by Gasteiger charge is 2.42. The number of urea groups is 1. The molecule has 2 N–H and O–H groups in total. The van der Waals surface area contributed by atoms with E-state index in [1.807, 2.05) is 15.8 Å². The van der Waals surface area contributed by atoms with Crippen LogP contribution in [0.25, 0.3) is 10.9 Å². The summed E-state index contributed by atoms with van der Waals surface area (Å²) in [5.74, 6) is -1.70.